The molecular weight excluding hydrogens is 207 g/mol. The lowest BCUT2D eigenvalue weighted by Gasteiger charge is -2.22. The Balaban J connectivity index is 2.90. The molecule has 1 aromatic carbocycles. The summed E-state index contributed by atoms with van der Waals surface area (Å²) in [6.45, 7) is 3.26. The molecule has 0 aliphatic heterocycles. The van der Waals surface area contributed by atoms with Gasteiger partial charge in [-0.15, -0.1) is 0 Å². The molecule has 0 unspecified atom stereocenters. The van der Waals surface area contributed by atoms with Crippen LogP contribution in [0.3, 0.4) is 0 Å². The number of benzene rings is 1. The van der Waals surface area contributed by atoms with Crippen molar-refractivity contribution in [3.8, 4) is 0 Å². The molecule has 16 heavy (non-hydrogen) atoms. The minimum Gasteiger partial charge on any atom is -0.302 e. The molecule has 0 N–H and O–H groups in total. The van der Waals surface area contributed by atoms with E-state index in [0.29, 0.717) is 12.8 Å². The zero-order valence-corrected chi connectivity index (χ0v) is 9.50. The van der Waals surface area contributed by atoms with E-state index < -0.39 is 5.41 Å². The molecular formula is C13H15FO2. The number of carbonyl (C=O) groups excluding carboxylic acids is 2. The molecule has 0 spiro atoms. The van der Waals surface area contributed by atoms with Crippen molar-refractivity contribution < 1.29 is 14.0 Å². The molecule has 1 aromatic rings. The van der Waals surface area contributed by atoms with Crippen LogP contribution in [0.5, 0.6) is 0 Å². The maximum Gasteiger partial charge on any atom is 0.130 e. The van der Waals surface area contributed by atoms with Crippen LogP contribution < -0.4 is 0 Å². The van der Waals surface area contributed by atoms with Crippen LogP contribution in [0.2, 0.25) is 0 Å². The highest BCUT2D eigenvalue weighted by molar-refractivity contribution is 5.77. The first-order chi connectivity index (χ1) is 7.48. The van der Waals surface area contributed by atoms with Gasteiger partial charge in [0.1, 0.15) is 17.9 Å². The fraction of sp³-hybridized carbons (Fsp3) is 0.385. The number of carbonyl (C=O) groups is 2. The highest BCUT2D eigenvalue weighted by Gasteiger charge is 2.26. The Labute approximate surface area is 94.5 Å². The Hall–Kier alpha value is -1.51. The molecule has 0 aliphatic carbocycles. The van der Waals surface area contributed by atoms with Crippen LogP contribution in [-0.2, 0) is 15.0 Å². The Kier molecular flexibility index (Phi) is 3.93. The molecule has 0 bridgehead atoms. The van der Waals surface area contributed by atoms with Crippen molar-refractivity contribution in [1.29, 1.82) is 0 Å². The first-order valence-corrected chi connectivity index (χ1v) is 5.20. The van der Waals surface area contributed by atoms with E-state index >= 15 is 0 Å². The van der Waals surface area contributed by atoms with Crippen LogP contribution in [0, 0.1) is 5.82 Å². The van der Waals surface area contributed by atoms with Crippen LogP contribution in [0.1, 0.15) is 32.3 Å². The van der Waals surface area contributed by atoms with Crippen molar-refractivity contribution in [2.45, 2.75) is 32.1 Å². The number of halogens is 1. The lowest BCUT2D eigenvalue weighted by Crippen LogP contribution is -2.24. The second-order valence-corrected chi connectivity index (χ2v) is 4.24. The van der Waals surface area contributed by atoms with Crippen molar-refractivity contribution in [2.75, 3.05) is 0 Å². The van der Waals surface area contributed by atoms with E-state index in [1.807, 2.05) is 0 Å². The molecule has 0 aliphatic rings. The van der Waals surface area contributed by atoms with Gasteiger partial charge in [-0.3, -0.25) is 0 Å². The summed E-state index contributed by atoms with van der Waals surface area (Å²) in [7, 11) is 0. The van der Waals surface area contributed by atoms with Gasteiger partial charge in [-0.1, -0.05) is 12.1 Å². The van der Waals surface area contributed by atoms with Gasteiger partial charge in [0.25, 0.3) is 0 Å². The highest BCUT2D eigenvalue weighted by Crippen LogP contribution is 2.27. The van der Waals surface area contributed by atoms with Crippen LogP contribution in [0.15, 0.2) is 24.3 Å². The number of ketones is 1. The van der Waals surface area contributed by atoms with Gasteiger partial charge in [-0.25, -0.2) is 4.39 Å². The molecule has 0 saturated heterocycles. The fourth-order valence-electron chi connectivity index (χ4n) is 1.54. The van der Waals surface area contributed by atoms with E-state index in [9.17, 15) is 14.0 Å². The van der Waals surface area contributed by atoms with Gasteiger partial charge < -0.3 is 9.59 Å². The summed E-state index contributed by atoms with van der Waals surface area (Å²) in [6.07, 6.45) is 1.63. The van der Waals surface area contributed by atoms with E-state index in [2.05, 4.69) is 0 Å². The number of rotatable bonds is 5. The first kappa shape index (κ1) is 12.6. The average Bonchev–Trinajstić information content (AvgIpc) is 2.27. The predicted molar refractivity (Wildman–Crippen MR) is 59.7 cm³/mol. The zero-order valence-electron chi connectivity index (χ0n) is 9.50. The van der Waals surface area contributed by atoms with E-state index in [1.54, 1.807) is 19.1 Å². The number of aldehydes is 1. The van der Waals surface area contributed by atoms with Crippen LogP contribution >= 0.6 is 0 Å². The Morgan fingerprint density at radius 2 is 1.94 bits per heavy atom. The molecule has 0 fully saturated rings. The topological polar surface area (TPSA) is 34.1 Å². The quantitative estimate of drug-likeness (QED) is 0.718. The van der Waals surface area contributed by atoms with Gasteiger partial charge in [0.15, 0.2) is 0 Å². The van der Waals surface area contributed by atoms with Gasteiger partial charge in [0.05, 0.1) is 0 Å². The zero-order chi connectivity index (χ0) is 12.2. The number of hydrogen-bond acceptors (Lipinski definition) is 2. The molecule has 1 rings (SSSR count). The minimum atomic E-state index is -0.709. The monoisotopic (exact) mass is 222 g/mol. The van der Waals surface area contributed by atoms with E-state index in [1.165, 1.54) is 19.1 Å². The molecule has 2 nitrogen and oxygen atoms in total. The van der Waals surface area contributed by atoms with Gasteiger partial charge in [0.2, 0.25) is 0 Å². The molecule has 0 radical (unpaired) electrons. The van der Waals surface area contributed by atoms with Crippen molar-refractivity contribution in [3.63, 3.8) is 0 Å². The fourth-order valence-corrected chi connectivity index (χ4v) is 1.54. The second-order valence-electron chi connectivity index (χ2n) is 4.24. The van der Waals surface area contributed by atoms with Crippen molar-refractivity contribution in [1.82, 2.24) is 0 Å². The Morgan fingerprint density at radius 3 is 2.38 bits per heavy atom. The molecule has 0 amide bonds. The van der Waals surface area contributed by atoms with E-state index in [0.717, 1.165) is 11.8 Å². The maximum atomic E-state index is 12.8. The third kappa shape index (κ3) is 2.99. The summed E-state index contributed by atoms with van der Waals surface area (Å²) in [4.78, 5) is 22.0. The van der Waals surface area contributed by atoms with Crippen molar-refractivity contribution in [2.24, 2.45) is 0 Å². The average molecular weight is 222 g/mol. The summed E-state index contributed by atoms with van der Waals surface area (Å²) >= 11 is 0. The second kappa shape index (κ2) is 5.01. The smallest absolute Gasteiger partial charge is 0.130 e. The maximum absolute atomic E-state index is 12.8. The summed E-state index contributed by atoms with van der Waals surface area (Å²) in [5.74, 6) is -0.279. The number of hydrogen-bond donors (Lipinski definition) is 0. The number of Topliss-reactive ketones (excluding diaryl/α,β-unsaturated/α-hetero) is 1. The summed E-state index contributed by atoms with van der Waals surface area (Å²) in [5, 5.41) is 0. The molecule has 0 saturated carbocycles. The molecule has 1 atom stereocenters. The Bertz CT molecular complexity index is 383. The van der Waals surface area contributed by atoms with Gasteiger partial charge in [0, 0.05) is 11.8 Å². The third-order valence-corrected chi connectivity index (χ3v) is 2.76. The summed E-state index contributed by atoms with van der Waals surface area (Å²) < 4.78 is 12.8. The van der Waals surface area contributed by atoms with Crippen LogP contribution in [0.4, 0.5) is 4.39 Å². The third-order valence-electron chi connectivity index (χ3n) is 2.76. The normalized spacial score (nSPS) is 14.2. The van der Waals surface area contributed by atoms with Crippen LogP contribution in [0.25, 0.3) is 0 Å². The lowest BCUT2D eigenvalue weighted by molar-refractivity contribution is -0.117. The van der Waals surface area contributed by atoms with Gasteiger partial charge in [-0.05, 0) is 38.0 Å². The summed E-state index contributed by atoms with van der Waals surface area (Å²) in [6, 6.07) is 5.82. The lowest BCUT2D eigenvalue weighted by atomic mass is 9.79. The molecule has 3 heteroatoms. The Morgan fingerprint density at radius 1 is 1.38 bits per heavy atom. The largest absolute Gasteiger partial charge is 0.302 e. The van der Waals surface area contributed by atoms with Crippen molar-refractivity contribution in [3.05, 3.63) is 35.6 Å². The minimum absolute atomic E-state index is 0.0511. The van der Waals surface area contributed by atoms with E-state index in [4.69, 9.17) is 0 Å². The highest BCUT2D eigenvalue weighted by atomic mass is 19.1. The van der Waals surface area contributed by atoms with Crippen LogP contribution in [-0.4, -0.2) is 12.1 Å². The van der Waals surface area contributed by atoms with Gasteiger partial charge in [-0.2, -0.15) is 0 Å². The summed E-state index contributed by atoms with van der Waals surface area (Å²) in [5.41, 5.74) is 0.0319. The van der Waals surface area contributed by atoms with Crippen molar-refractivity contribution >= 4 is 12.1 Å². The SMILES string of the molecule is CC(=O)CC[C@@](C)(C=O)c1ccc(F)cc1. The van der Waals surface area contributed by atoms with E-state index in [-0.39, 0.29) is 11.6 Å². The molecule has 86 valence electrons. The first-order valence-electron chi connectivity index (χ1n) is 5.20. The standard InChI is InChI=1S/C13H15FO2/c1-10(16)7-8-13(2,9-15)11-3-5-12(14)6-4-11/h3-6,9H,7-8H2,1-2H3/t13-/m0/s1. The predicted octanol–water partition coefficient (Wildman–Crippen LogP) is 2.65. The van der Waals surface area contributed by atoms with Gasteiger partial charge >= 0.3 is 0 Å². The molecule has 0 aromatic heterocycles. The molecule has 0 heterocycles.